The van der Waals surface area contributed by atoms with E-state index in [0.717, 1.165) is 4.88 Å². The highest BCUT2D eigenvalue weighted by atomic mass is 32.1. The normalized spacial score (nSPS) is 19.0. The van der Waals surface area contributed by atoms with Crippen molar-refractivity contribution in [2.24, 2.45) is 0 Å². The number of hydrogen-bond acceptors (Lipinski definition) is 5. The average molecular weight is 354 g/mol. The molecule has 0 radical (unpaired) electrons. The first kappa shape index (κ1) is 18.5. The van der Waals surface area contributed by atoms with E-state index in [1.807, 2.05) is 34.6 Å². The molecule has 1 aromatic rings. The molecule has 1 fully saturated rings. The van der Waals surface area contributed by atoms with Crippen molar-refractivity contribution in [3.05, 3.63) is 11.1 Å². The van der Waals surface area contributed by atoms with Gasteiger partial charge in [0.15, 0.2) is 5.13 Å². The lowest BCUT2D eigenvalue weighted by Crippen LogP contribution is -2.43. The summed E-state index contributed by atoms with van der Waals surface area (Å²) in [5.74, 6) is 0. The standard InChI is InChI=1S/C16H26N4O3S/c1-11-6-7-19(15(22)23-16(3,4)5)8-9-20(11)14(21)18-13-17-10-12(2)24-13/h10-11H,6-9H2,1-5H3,(H,17,18,21). The maximum absolute atomic E-state index is 12.5. The van der Waals surface area contributed by atoms with Crippen LogP contribution in [-0.4, -0.2) is 58.2 Å². The van der Waals surface area contributed by atoms with Gasteiger partial charge < -0.3 is 14.5 Å². The number of urea groups is 1. The lowest BCUT2D eigenvalue weighted by atomic mass is 10.2. The monoisotopic (exact) mass is 354 g/mol. The molecule has 2 heterocycles. The van der Waals surface area contributed by atoms with Crippen LogP contribution in [0.3, 0.4) is 0 Å². The van der Waals surface area contributed by atoms with Crippen LogP contribution in [0.4, 0.5) is 14.7 Å². The predicted octanol–water partition coefficient (Wildman–Crippen LogP) is 3.31. The van der Waals surface area contributed by atoms with Crippen molar-refractivity contribution in [1.82, 2.24) is 14.8 Å². The summed E-state index contributed by atoms with van der Waals surface area (Å²) in [6, 6.07) is -0.138. The van der Waals surface area contributed by atoms with Crippen LogP contribution in [0.2, 0.25) is 0 Å². The van der Waals surface area contributed by atoms with Crippen LogP contribution in [0.1, 0.15) is 39.0 Å². The molecule has 8 heteroatoms. The number of carbonyl (C=O) groups excluding carboxylic acids is 2. The minimum atomic E-state index is -0.519. The largest absolute Gasteiger partial charge is 0.444 e. The molecule has 1 aliphatic rings. The first-order valence-corrected chi connectivity index (χ1v) is 8.95. The van der Waals surface area contributed by atoms with Gasteiger partial charge >= 0.3 is 12.1 Å². The fourth-order valence-electron chi connectivity index (χ4n) is 2.45. The van der Waals surface area contributed by atoms with Gasteiger partial charge in [-0.2, -0.15) is 0 Å². The zero-order valence-corrected chi connectivity index (χ0v) is 15.8. The van der Waals surface area contributed by atoms with E-state index in [1.54, 1.807) is 16.0 Å². The third-order valence-electron chi connectivity index (χ3n) is 3.71. The molecule has 1 unspecified atom stereocenters. The Morgan fingerprint density at radius 1 is 1.33 bits per heavy atom. The number of aryl methyl sites for hydroxylation is 1. The molecule has 24 heavy (non-hydrogen) atoms. The minimum Gasteiger partial charge on any atom is -0.444 e. The highest BCUT2D eigenvalue weighted by Crippen LogP contribution is 2.19. The molecule has 1 aromatic heterocycles. The number of anilines is 1. The summed E-state index contributed by atoms with van der Waals surface area (Å²) in [4.78, 5) is 33.3. The number of aromatic nitrogens is 1. The summed E-state index contributed by atoms with van der Waals surface area (Å²) < 4.78 is 5.42. The molecule has 0 aromatic carbocycles. The number of hydrogen-bond donors (Lipinski definition) is 1. The Kier molecular flexibility index (Phi) is 5.69. The van der Waals surface area contributed by atoms with Gasteiger partial charge in [-0.3, -0.25) is 5.32 Å². The third kappa shape index (κ3) is 5.09. The molecular formula is C16H26N4O3S. The van der Waals surface area contributed by atoms with Crippen molar-refractivity contribution in [1.29, 1.82) is 0 Å². The molecular weight excluding hydrogens is 328 g/mol. The summed E-state index contributed by atoms with van der Waals surface area (Å²) >= 11 is 1.44. The quantitative estimate of drug-likeness (QED) is 0.839. The highest BCUT2D eigenvalue weighted by Gasteiger charge is 2.29. The maximum atomic E-state index is 12.5. The Labute approximate surface area is 147 Å². The van der Waals surface area contributed by atoms with Crippen molar-refractivity contribution >= 4 is 28.6 Å². The molecule has 1 atom stereocenters. The van der Waals surface area contributed by atoms with E-state index in [4.69, 9.17) is 4.74 Å². The van der Waals surface area contributed by atoms with Crippen molar-refractivity contribution in [3.8, 4) is 0 Å². The van der Waals surface area contributed by atoms with Crippen LogP contribution in [0.25, 0.3) is 0 Å². The Morgan fingerprint density at radius 3 is 2.62 bits per heavy atom. The zero-order valence-electron chi connectivity index (χ0n) is 15.0. The molecule has 0 spiro atoms. The van der Waals surface area contributed by atoms with Crippen LogP contribution in [-0.2, 0) is 4.74 Å². The second-order valence-electron chi connectivity index (χ2n) is 7.00. The molecule has 3 amide bonds. The van der Waals surface area contributed by atoms with Crippen molar-refractivity contribution in [3.63, 3.8) is 0 Å². The number of ether oxygens (including phenoxy) is 1. The molecule has 0 bridgehead atoms. The molecule has 0 aliphatic carbocycles. The van der Waals surface area contributed by atoms with E-state index in [1.165, 1.54) is 11.3 Å². The first-order chi connectivity index (χ1) is 11.2. The molecule has 134 valence electrons. The number of carbonyl (C=O) groups is 2. The number of nitrogens with zero attached hydrogens (tertiary/aromatic N) is 3. The smallest absolute Gasteiger partial charge is 0.410 e. The molecule has 1 saturated heterocycles. The van der Waals surface area contributed by atoms with Gasteiger partial charge in [0.25, 0.3) is 0 Å². The summed E-state index contributed by atoms with van der Waals surface area (Å²) in [6.45, 7) is 11.0. The fourth-order valence-corrected chi connectivity index (χ4v) is 3.10. The highest BCUT2D eigenvalue weighted by molar-refractivity contribution is 7.15. The Balaban J connectivity index is 1.96. The zero-order chi connectivity index (χ0) is 17.9. The van der Waals surface area contributed by atoms with Crippen molar-refractivity contribution < 1.29 is 14.3 Å². The minimum absolute atomic E-state index is 0.0403. The van der Waals surface area contributed by atoms with Gasteiger partial charge in [0.2, 0.25) is 0 Å². The van der Waals surface area contributed by atoms with Gasteiger partial charge in [-0.1, -0.05) is 0 Å². The number of nitrogens with one attached hydrogen (secondary N) is 1. The van der Waals surface area contributed by atoms with Crippen LogP contribution >= 0.6 is 11.3 Å². The van der Waals surface area contributed by atoms with Gasteiger partial charge in [0.05, 0.1) is 0 Å². The SMILES string of the molecule is Cc1cnc(NC(=O)N2CCN(C(=O)OC(C)(C)C)CCC2C)s1. The molecule has 0 saturated carbocycles. The molecule has 7 nitrogen and oxygen atoms in total. The second-order valence-corrected chi connectivity index (χ2v) is 8.24. The number of thiazole rings is 1. The van der Waals surface area contributed by atoms with Crippen LogP contribution < -0.4 is 5.32 Å². The lowest BCUT2D eigenvalue weighted by Gasteiger charge is -2.27. The van der Waals surface area contributed by atoms with Crippen LogP contribution in [0.5, 0.6) is 0 Å². The van der Waals surface area contributed by atoms with Gasteiger partial charge in [-0.25, -0.2) is 14.6 Å². The summed E-state index contributed by atoms with van der Waals surface area (Å²) in [6.07, 6.45) is 2.12. The maximum Gasteiger partial charge on any atom is 0.410 e. The Hall–Kier alpha value is -1.83. The fraction of sp³-hybridized carbons (Fsp3) is 0.688. The van der Waals surface area contributed by atoms with E-state index in [2.05, 4.69) is 10.3 Å². The number of rotatable bonds is 1. The lowest BCUT2D eigenvalue weighted by molar-refractivity contribution is 0.0259. The van der Waals surface area contributed by atoms with E-state index >= 15 is 0 Å². The van der Waals surface area contributed by atoms with Crippen molar-refractivity contribution in [2.75, 3.05) is 25.0 Å². The number of amides is 3. The Morgan fingerprint density at radius 2 is 2.04 bits per heavy atom. The van der Waals surface area contributed by atoms with E-state index < -0.39 is 5.60 Å². The predicted molar refractivity (Wildman–Crippen MR) is 94.5 cm³/mol. The van der Waals surface area contributed by atoms with Gasteiger partial charge in [-0.15, -0.1) is 11.3 Å². The average Bonchev–Trinajstić information content (AvgIpc) is 2.74. The Bertz CT molecular complexity index is 596. The van der Waals surface area contributed by atoms with Gasteiger partial charge in [0.1, 0.15) is 5.60 Å². The van der Waals surface area contributed by atoms with E-state index in [0.29, 0.717) is 31.2 Å². The van der Waals surface area contributed by atoms with Gasteiger partial charge in [0, 0.05) is 36.8 Å². The van der Waals surface area contributed by atoms with Gasteiger partial charge in [-0.05, 0) is 41.0 Å². The van der Waals surface area contributed by atoms with Crippen LogP contribution in [0, 0.1) is 6.92 Å². The first-order valence-electron chi connectivity index (χ1n) is 8.13. The second kappa shape index (κ2) is 7.38. The van der Waals surface area contributed by atoms with Crippen molar-refractivity contribution in [2.45, 2.75) is 52.7 Å². The van der Waals surface area contributed by atoms with E-state index in [-0.39, 0.29) is 18.2 Å². The molecule has 1 N–H and O–H groups in total. The summed E-state index contributed by atoms with van der Waals surface area (Å²) in [7, 11) is 0. The summed E-state index contributed by atoms with van der Waals surface area (Å²) in [5.41, 5.74) is -0.519. The molecule has 1 aliphatic heterocycles. The van der Waals surface area contributed by atoms with E-state index in [9.17, 15) is 9.59 Å². The third-order valence-corrected chi connectivity index (χ3v) is 4.54. The molecule has 2 rings (SSSR count). The van der Waals surface area contributed by atoms with Crippen LogP contribution in [0.15, 0.2) is 6.20 Å². The topological polar surface area (TPSA) is 74.8 Å². The summed E-state index contributed by atoms with van der Waals surface area (Å²) in [5, 5.41) is 3.43.